The lowest BCUT2D eigenvalue weighted by molar-refractivity contribution is 0.252. The van der Waals surface area contributed by atoms with Crippen LogP contribution < -0.4 is 20.3 Å². The van der Waals surface area contributed by atoms with Crippen LogP contribution in [0.15, 0.2) is 48.5 Å². The molecule has 1 heterocycles. The summed E-state index contributed by atoms with van der Waals surface area (Å²) in [5.41, 5.74) is 3.29. The molecule has 1 fully saturated rings. The molecule has 31 heavy (non-hydrogen) atoms. The number of urea groups is 1. The average molecular weight is 425 g/mol. The van der Waals surface area contributed by atoms with Gasteiger partial charge >= 0.3 is 6.03 Å². The van der Waals surface area contributed by atoms with E-state index in [4.69, 9.17) is 4.74 Å². The van der Waals surface area contributed by atoms with Crippen LogP contribution in [0.25, 0.3) is 0 Å². The monoisotopic (exact) mass is 424 g/mol. The normalized spacial score (nSPS) is 14.3. The number of ether oxygens (including phenoxy) is 1. The van der Waals surface area contributed by atoms with E-state index in [-0.39, 0.29) is 6.03 Å². The third-order valence-corrected chi connectivity index (χ3v) is 5.78. The van der Waals surface area contributed by atoms with Crippen LogP contribution in [0.5, 0.6) is 5.75 Å². The largest absolute Gasteiger partial charge is 0.495 e. The van der Waals surface area contributed by atoms with Gasteiger partial charge in [-0.3, -0.25) is 4.90 Å². The van der Waals surface area contributed by atoms with Gasteiger partial charge in [-0.2, -0.15) is 0 Å². The predicted octanol–water partition coefficient (Wildman–Crippen LogP) is 4.37. The van der Waals surface area contributed by atoms with Gasteiger partial charge in [-0.25, -0.2) is 4.79 Å². The van der Waals surface area contributed by atoms with E-state index in [9.17, 15) is 4.79 Å². The Hall–Kier alpha value is -2.73. The molecule has 0 radical (unpaired) electrons. The van der Waals surface area contributed by atoms with Gasteiger partial charge in [0.15, 0.2) is 0 Å². The van der Waals surface area contributed by atoms with E-state index in [2.05, 4.69) is 56.8 Å². The van der Waals surface area contributed by atoms with Crippen molar-refractivity contribution in [1.29, 1.82) is 0 Å². The van der Waals surface area contributed by atoms with Crippen molar-refractivity contribution in [3.8, 4) is 5.75 Å². The van der Waals surface area contributed by atoms with Gasteiger partial charge in [-0.05, 0) is 62.6 Å². The number of carbonyl (C=O) groups is 1. The van der Waals surface area contributed by atoms with Crippen molar-refractivity contribution in [3.63, 3.8) is 0 Å². The van der Waals surface area contributed by atoms with Gasteiger partial charge in [0.1, 0.15) is 5.75 Å². The molecule has 168 valence electrons. The fourth-order valence-corrected chi connectivity index (χ4v) is 4.05. The molecule has 1 aliphatic heterocycles. The van der Waals surface area contributed by atoms with Crippen LogP contribution >= 0.6 is 0 Å². The van der Waals surface area contributed by atoms with Crippen molar-refractivity contribution in [3.05, 3.63) is 54.1 Å². The summed E-state index contributed by atoms with van der Waals surface area (Å²) in [4.78, 5) is 16.9. The molecule has 2 amide bonds. The predicted molar refractivity (Wildman–Crippen MR) is 128 cm³/mol. The molecule has 1 aliphatic rings. The van der Waals surface area contributed by atoms with Crippen LogP contribution in [0.4, 0.5) is 16.2 Å². The summed E-state index contributed by atoms with van der Waals surface area (Å²) in [5, 5.41) is 5.63. The number of nitrogens with zero attached hydrogens (tertiary/aromatic N) is 2. The van der Waals surface area contributed by atoms with Gasteiger partial charge in [-0.1, -0.05) is 30.7 Å². The summed E-state index contributed by atoms with van der Waals surface area (Å²) in [6.45, 7) is 8.17. The number of para-hydroxylation sites is 1. The molecule has 0 bridgehead atoms. The molecule has 3 rings (SSSR count). The summed E-state index contributed by atoms with van der Waals surface area (Å²) in [6, 6.07) is 16.5. The average Bonchev–Trinajstić information content (AvgIpc) is 2.80. The molecule has 1 saturated heterocycles. The summed E-state index contributed by atoms with van der Waals surface area (Å²) >= 11 is 0. The van der Waals surface area contributed by atoms with E-state index in [1.165, 1.54) is 30.6 Å². The van der Waals surface area contributed by atoms with Crippen LogP contribution in [0, 0.1) is 0 Å². The molecule has 0 aromatic heterocycles. The molecular weight excluding hydrogens is 388 g/mol. The highest BCUT2D eigenvalue weighted by Crippen LogP contribution is 2.26. The van der Waals surface area contributed by atoms with E-state index < -0.39 is 0 Å². The van der Waals surface area contributed by atoms with Crippen molar-refractivity contribution in [2.24, 2.45) is 0 Å². The minimum Gasteiger partial charge on any atom is -0.495 e. The molecule has 0 aliphatic carbocycles. The number of amides is 2. The third-order valence-electron chi connectivity index (χ3n) is 5.78. The van der Waals surface area contributed by atoms with Crippen LogP contribution in [0.3, 0.4) is 0 Å². The second-order valence-electron chi connectivity index (χ2n) is 7.99. The highest BCUT2D eigenvalue weighted by atomic mass is 16.5. The van der Waals surface area contributed by atoms with Crippen LogP contribution in [0.2, 0.25) is 0 Å². The van der Waals surface area contributed by atoms with Gasteiger partial charge in [0, 0.05) is 38.4 Å². The first-order chi connectivity index (χ1) is 15.2. The van der Waals surface area contributed by atoms with Crippen LogP contribution in [-0.2, 0) is 6.42 Å². The van der Waals surface area contributed by atoms with Crippen LogP contribution in [0.1, 0.15) is 31.7 Å². The quantitative estimate of drug-likeness (QED) is 0.556. The highest BCUT2D eigenvalue weighted by molar-refractivity contribution is 5.91. The Morgan fingerprint density at radius 3 is 2.48 bits per heavy atom. The van der Waals surface area contributed by atoms with Crippen molar-refractivity contribution >= 4 is 17.4 Å². The Bertz CT molecular complexity index is 804. The third kappa shape index (κ3) is 7.17. The van der Waals surface area contributed by atoms with Gasteiger partial charge < -0.3 is 20.3 Å². The minimum atomic E-state index is -0.203. The Morgan fingerprint density at radius 2 is 1.77 bits per heavy atom. The summed E-state index contributed by atoms with van der Waals surface area (Å²) in [7, 11) is 1.62. The molecule has 6 heteroatoms. The topological polar surface area (TPSA) is 56.8 Å². The zero-order valence-corrected chi connectivity index (χ0v) is 18.9. The molecule has 2 N–H and O–H groups in total. The number of unbranched alkanes of at least 4 members (excludes halogenated alkanes) is 2. The van der Waals surface area contributed by atoms with E-state index >= 15 is 0 Å². The van der Waals surface area contributed by atoms with E-state index in [0.717, 1.165) is 44.7 Å². The summed E-state index contributed by atoms with van der Waals surface area (Å²) < 4.78 is 5.37. The van der Waals surface area contributed by atoms with Crippen molar-refractivity contribution in [2.45, 2.75) is 32.6 Å². The maximum atomic E-state index is 11.9. The Kier molecular flexibility index (Phi) is 9.03. The van der Waals surface area contributed by atoms with Gasteiger partial charge in [0.25, 0.3) is 0 Å². The molecule has 0 atom stereocenters. The molecule has 0 unspecified atom stereocenters. The van der Waals surface area contributed by atoms with Gasteiger partial charge in [-0.15, -0.1) is 0 Å². The summed E-state index contributed by atoms with van der Waals surface area (Å²) in [6.07, 6.45) is 4.60. The Labute approximate surface area is 186 Å². The molecule has 0 spiro atoms. The fourth-order valence-electron chi connectivity index (χ4n) is 4.05. The number of hydrogen-bond acceptors (Lipinski definition) is 4. The maximum absolute atomic E-state index is 11.9. The van der Waals surface area contributed by atoms with Crippen LogP contribution in [-0.4, -0.2) is 57.3 Å². The van der Waals surface area contributed by atoms with E-state index in [1.54, 1.807) is 7.11 Å². The molecule has 6 nitrogen and oxygen atoms in total. The van der Waals surface area contributed by atoms with Crippen molar-refractivity contribution in [2.75, 3.05) is 56.6 Å². The number of aryl methyl sites for hydroxylation is 1. The number of piperazine rings is 1. The first-order valence-corrected chi connectivity index (χ1v) is 11.4. The zero-order valence-electron chi connectivity index (χ0n) is 18.9. The van der Waals surface area contributed by atoms with E-state index in [0.29, 0.717) is 12.3 Å². The van der Waals surface area contributed by atoms with Gasteiger partial charge in [0.2, 0.25) is 0 Å². The van der Waals surface area contributed by atoms with Crippen molar-refractivity contribution in [1.82, 2.24) is 10.2 Å². The lowest BCUT2D eigenvalue weighted by atomic mass is 10.1. The number of carbonyl (C=O) groups excluding carboxylic acids is 1. The van der Waals surface area contributed by atoms with E-state index in [1.807, 2.05) is 19.1 Å². The first kappa shape index (κ1) is 22.9. The summed E-state index contributed by atoms with van der Waals surface area (Å²) in [5.74, 6) is 0.685. The number of nitrogens with one attached hydrogen (secondary N) is 2. The standard InChI is InChI=1S/C25H36N4O2/c1-3-26-25(30)27-23-20-21(13-14-24(23)31-2)10-6-5-9-15-28-16-18-29(19-17-28)22-11-7-4-8-12-22/h4,7-8,11-14,20H,3,5-6,9-10,15-19H2,1-2H3,(H2,26,27,30). The molecule has 2 aromatic rings. The number of anilines is 2. The minimum absolute atomic E-state index is 0.203. The first-order valence-electron chi connectivity index (χ1n) is 11.4. The zero-order chi connectivity index (χ0) is 21.9. The number of benzene rings is 2. The van der Waals surface area contributed by atoms with Crippen molar-refractivity contribution < 1.29 is 9.53 Å². The van der Waals surface area contributed by atoms with Gasteiger partial charge in [0.05, 0.1) is 12.8 Å². The fraction of sp³-hybridized carbons (Fsp3) is 0.480. The second kappa shape index (κ2) is 12.2. The lowest BCUT2D eigenvalue weighted by Gasteiger charge is -2.36. The molecular formula is C25H36N4O2. The Balaban J connectivity index is 1.36. The molecule has 0 saturated carbocycles. The Morgan fingerprint density at radius 1 is 1.00 bits per heavy atom. The maximum Gasteiger partial charge on any atom is 0.319 e. The molecule has 2 aromatic carbocycles. The lowest BCUT2D eigenvalue weighted by Crippen LogP contribution is -2.46. The SMILES string of the molecule is CCNC(=O)Nc1cc(CCCCCN2CCN(c3ccccc3)CC2)ccc1OC. The number of methoxy groups -OCH3 is 1. The highest BCUT2D eigenvalue weighted by Gasteiger charge is 2.16. The number of rotatable bonds is 10. The smallest absolute Gasteiger partial charge is 0.319 e. The number of hydrogen-bond donors (Lipinski definition) is 2. The second-order valence-corrected chi connectivity index (χ2v) is 7.99.